The normalized spacial score (nSPS) is 26.2. The molecule has 1 aromatic rings. The summed E-state index contributed by atoms with van der Waals surface area (Å²) in [4.78, 5) is 8.71. The lowest BCUT2D eigenvalue weighted by molar-refractivity contribution is 0.463. The number of nitrogens with zero attached hydrogens (tertiary/aromatic N) is 2. The fourth-order valence-corrected chi connectivity index (χ4v) is 3.30. The van der Waals surface area contributed by atoms with Crippen molar-refractivity contribution in [1.29, 1.82) is 0 Å². The monoisotopic (exact) mass is 251 g/mol. The first-order valence-corrected chi connectivity index (χ1v) is 7.34. The summed E-state index contributed by atoms with van der Waals surface area (Å²) in [7, 11) is 0. The first kappa shape index (κ1) is 12.8. The van der Waals surface area contributed by atoms with Gasteiger partial charge >= 0.3 is 0 Å². The maximum atomic E-state index is 6.25. The minimum Gasteiger partial charge on any atom is -0.327 e. The van der Waals surface area contributed by atoms with Crippen molar-refractivity contribution in [3.63, 3.8) is 0 Å². The van der Waals surface area contributed by atoms with E-state index in [-0.39, 0.29) is 0 Å². The molecule has 2 unspecified atom stereocenters. The van der Waals surface area contributed by atoms with Crippen LogP contribution in [-0.4, -0.2) is 21.3 Å². The number of hydrogen-bond acceptors (Lipinski definition) is 4. The molecule has 1 fully saturated rings. The average molecular weight is 251 g/mol. The summed E-state index contributed by atoms with van der Waals surface area (Å²) in [5, 5.41) is 1.36. The molecule has 0 aliphatic heterocycles. The molecule has 17 heavy (non-hydrogen) atoms. The minimum atomic E-state index is 0.296. The van der Waals surface area contributed by atoms with E-state index >= 15 is 0 Å². The fraction of sp³-hybridized carbons (Fsp3) is 0.692. The Balaban J connectivity index is 1.97. The van der Waals surface area contributed by atoms with E-state index in [1.54, 1.807) is 11.8 Å². The predicted molar refractivity (Wildman–Crippen MR) is 72.1 cm³/mol. The molecule has 1 heterocycles. The van der Waals surface area contributed by atoms with Crippen LogP contribution in [-0.2, 0) is 0 Å². The van der Waals surface area contributed by atoms with Crippen LogP contribution in [0.15, 0.2) is 17.6 Å². The molecule has 2 N–H and O–H groups in total. The van der Waals surface area contributed by atoms with Crippen LogP contribution in [0.25, 0.3) is 0 Å². The highest BCUT2D eigenvalue weighted by Gasteiger charge is 2.21. The van der Waals surface area contributed by atoms with E-state index in [9.17, 15) is 0 Å². The van der Waals surface area contributed by atoms with Crippen LogP contribution in [0.3, 0.4) is 0 Å². The number of rotatable bonds is 2. The summed E-state index contributed by atoms with van der Waals surface area (Å²) in [6.45, 7) is 2.01. The summed E-state index contributed by atoms with van der Waals surface area (Å²) in [6, 6.07) is 0.296. The SMILES string of the molecule is Cc1cnc(SC2CCCCCCC2N)nc1. The Morgan fingerprint density at radius 1 is 1.12 bits per heavy atom. The van der Waals surface area contributed by atoms with Gasteiger partial charge in [0.1, 0.15) is 0 Å². The molecule has 0 bridgehead atoms. The van der Waals surface area contributed by atoms with Gasteiger partial charge in [0.2, 0.25) is 0 Å². The Morgan fingerprint density at radius 2 is 1.76 bits per heavy atom. The van der Waals surface area contributed by atoms with Gasteiger partial charge in [-0.25, -0.2) is 9.97 Å². The lowest BCUT2D eigenvalue weighted by atomic mass is 9.97. The number of thioether (sulfide) groups is 1. The average Bonchev–Trinajstić information content (AvgIpc) is 2.31. The van der Waals surface area contributed by atoms with Crippen LogP contribution in [0.1, 0.15) is 44.1 Å². The van der Waals surface area contributed by atoms with Crippen molar-refractivity contribution in [3.8, 4) is 0 Å². The van der Waals surface area contributed by atoms with Crippen molar-refractivity contribution in [2.24, 2.45) is 5.73 Å². The molecule has 0 spiro atoms. The van der Waals surface area contributed by atoms with Gasteiger partial charge in [0.15, 0.2) is 5.16 Å². The molecule has 2 atom stereocenters. The van der Waals surface area contributed by atoms with Crippen LogP contribution in [0, 0.1) is 6.92 Å². The Labute approximate surface area is 108 Å². The zero-order chi connectivity index (χ0) is 12.1. The largest absolute Gasteiger partial charge is 0.327 e. The van der Waals surface area contributed by atoms with Crippen molar-refractivity contribution in [1.82, 2.24) is 9.97 Å². The summed E-state index contributed by atoms with van der Waals surface area (Å²) in [5.41, 5.74) is 7.36. The van der Waals surface area contributed by atoms with Gasteiger partial charge in [-0.1, -0.05) is 37.4 Å². The zero-order valence-corrected chi connectivity index (χ0v) is 11.2. The summed E-state index contributed by atoms with van der Waals surface area (Å²) < 4.78 is 0. The molecule has 94 valence electrons. The van der Waals surface area contributed by atoms with Gasteiger partial charge < -0.3 is 5.73 Å². The van der Waals surface area contributed by atoms with Gasteiger partial charge in [-0.15, -0.1) is 0 Å². The summed E-state index contributed by atoms with van der Waals surface area (Å²) in [6.07, 6.45) is 11.3. The van der Waals surface area contributed by atoms with Crippen LogP contribution in [0.5, 0.6) is 0 Å². The molecular formula is C13H21N3S. The molecule has 2 rings (SSSR count). The third kappa shape index (κ3) is 3.96. The van der Waals surface area contributed by atoms with Crippen molar-refractivity contribution >= 4 is 11.8 Å². The van der Waals surface area contributed by atoms with Crippen LogP contribution in [0.2, 0.25) is 0 Å². The van der Waals surface area contributed by atoms with E-state index in [2.05, 4.69) is 9.97 Å². The quantitative estimate of drug-likeness (QED) is 0.821. The second-order valence-electron chi connectivity index (χ2n) is 4.85. The third-order valence-corrected chi connectivity index (χ3v) is 4.58. The Hall–Kier alpha value is -0.610. The van der Waals surface area contributed by atoms with E-state index in [4.69, 9.17) is 5.73 Å². The second-order valence-corrected chi connectivity index (χ2v) is 6.06. The number of aromatic nitrogens is 2. The smallest absolute Gasteiger partial charge is 0.187 e. The third-order valence-electron chi connectivity index (χ3n) is 3.27. The molecule has 1 aliphatic carbocycles. The summed E-state index contributed by atoms with van der Waals surface area (Å²) >= 11 is 1.76. The van der Waals surface area contributed by atoms with E-state index in [0.29, 0.717) is 11.3 Å². The molecule has 0 saturated heterocycles. The maximum absolute atomic E-state index is 6.25. The molecule has 1 saturated carbocycles. The molecule has 0 radical (unpaired) electrons. The number of aryl methyl sites for hydroxylation is 1. The number of nitrogens with two attached hydrogens (primary N) is 1. The van der Waals surface area contributed by atoms with Gasteiger partial charge in [-0.05, 0) is 25.3 Å². The standard InChI is InChI=1S/C13H21N3S/c1-10-8-15-13(16-9-10)17-12-7-5-3-2-4-6-11(12)14/h8-9,11-12H,2-7,14H2,1H3. The molecular weight excluding hydrogens is 230 g/mol. The molecule has 3 nitrogen and oxygen atoms in total. The second kappa shape index (κ2) is 6.36. The fourth-order valence-electron chi connectivity index (χ4n) is 2.20. The van der Waals surface area contributed by atoms with Crippen LogP contribution < -0.4 is 5.73 Å². The van der Waals surface area contributed by atoms with E-state index < -0.39 is 0 Å². The lowest BCUT2D eigenvalue weighted by Crippen LogP contribution is -2.33. The first-order valence-electron chi connectivity index (χ1n) is 6.46. The number of hydrogen-bond donors (Lipinski definition) is 1. The van der Waals surface area contributed by atoms with E-state index in [0.717, 1.165) is 17.1 Å². The van der Waals surface area contributed by atoms with Gasteiger partial charge in [-0.2, -0.15) is 0 Å². The Morgan fingerprint density at radius 3 is 2.47 bits per heavy atom. The summed E-state index contributed by atoms with van der Waals surface area (Å²) in [5.74, 6) is 0. The topological polar surface area (TPSA) is 51.8 Å². The molecule has 1 aliphatic rings. The maximum Gasteiger partial charge on any atom is 0.187 e. The van der Waals surface area contributed by atoms with E-state index in [1.807, 2.05) is 19.3 Å². The molecule has 0 aromatic carbocycles. The first-order chi connectivity index (χ1) is 8.25. The lowest BCUT2D eigenvalue weighted by Gasteiger charge is -2.24. The predicted octanol–water partition coefficient (Wildman–Crippen LogP) is 2.93. The molecule has 0 amide bonds. The van der Waals surface area contributed by atoms with Crippen molar-refractivity contribution in [3.05, 3.63) is 18.0 Å². The van der Waals surface area contributed by atoms with Crippen LogP contribution >= 0.6 is 11.8 Å². The molecule has 4 heteroatoms. The Bertz CT molecular complexity index is 339. The van der Waals surface area contributed by atoms with Crippen molar-refractivity contribution in [2.45, 2.75) is 61.9 Å². The van der Waals surface area contributed by atoms with Gasteiger partial charge in [-0.3, -0.25) is 0 Å². The van der Waals surface area contributed by atoms with Gasteiger partial charge in [0.25, 0.3) is 0 Å². The highest BCUT2D eigenvalue weighted by atomic mass is 32.2. The highest BCUT2D eigenvalue weighted by molar-refractivity contribution is 7.99. The zero-order valence-electron chi connectivity index (χ0n) is 10.4. The van der Waals surface area contributed by atoms with Crippen molar-refractivity contribution < 1.29 is 0 Å². The van der Waals surface area contributed by atoms with Gasteiger partial charge in [0.05, 0.1) is 0 Å². The minimum absolute atomic E-state index is 0.296. The Kier molecular flexibility index (Phi) is 4.80. The highest BCUT2D eigenvalue weighted by Crippen LogP contribution is 2.29. The van der Waals surface area contributed by atoms with Crippen LogP contribution in [0.4, 0.5) is 0 Å². The van der Waals surface area contributed by atoms with Gasteiger partial charge in [0, 0.05) is 23.7 Å². The van der Waals surface area contributed by atoms with E-state index in [1.165, 1.54) is 32.1 Å². The van der Waals surface area contributed by atoms with Crippen molar-refractivity contribution in [2.75, 3.05) is 0 Å². The molecule has 1 aromatic heterocycles.